The Morgan fingerprint density at radius 2 is 2.04 bits per heavy atom. The number of carbonyl (C=O) groups is 1. The summed E-state index contributed by atoms with van der Waals surface area (Å²) in [5.41, 5.74) is 0. The third-order valence-electron chi connectivity index (χ3n) is 2.73. The highest BCUT2D eigenvalue weighted by Gasteiger charge is 2.13. The fraction of sp³-hybridized carbons (Fsp3) is 0.143. The largest absolute Gasteiger partial charge is 0.400 e. The van der Waals surface area contributed by atoms with E-state index in [9.17, 15) is 4.79 Å². The molecule has 1 aromatic carbocycles. The van der Waals surface area contributed by atoms with E-state index in [1.165, 1.54) is 6.20 Å². The Morgan fingerprint density at radius 1 is 1.22 bits per heavy atom. The molecule has 0 saturated carbocycles. The first-order valence-electron chi connectivity index (χ1n) is 6.63. The van der Waals surface area contributed by atoms with Crippen LogP contribution in [0.4, 0.5) is 6.01 Å². The minimum atomic E-state index is -0.209. The number of halogens is 1. The predicted octanol–water partition coefficient (Wildman–Crippen LogP) is 3.50. The third kappa shape index (κ3) is 4.33. The van der Waals surface area contributed by atoms with Crippen LogP contribution in [0.2, 0.25) is 5.02 Å². The Morgan fingerprint density at radius 3 is 2.78 bits per heavy atom. The number of rotatable bonds is 6. The lowest BCUT2D eigenvalue weighted by atomic mass is 10.4. The highest BCUT2D eigenvalue weighted by atomic mass is 35.5. The lowest BCUT2D eigenvalue weighted by molar-refractivity contribution is -0.115. The van der Waals surface area contributed by atoms with Gasteiger partial charge in [0.25, 0.3) is 5.89 Å². The van der Waals surface area contributed by atoms with Crippen LogP contribution in [-0.2, 0) is 4.79 Å². The quantitative estimate of drug-likeness (QED) is 0.680. The first-order valence-corrected chi connectivity index (χ1v) is 8.00. The lowest BCUT2D eigenvalue weighted by Crippen LogP contribution is -2.12. The molecule has 1 N–H and O–H groups in total. The molecular weight excluding hydrogens is 340 g/mol. The molecule has 7 nitrogen and oxygen atoms in total. The van der Waals surface area contributed by atoms with Crippen molar-refractivity contribution in [1.29, 1.82) is 0 Å². The molecule has 0 fully saturated rings. The average Bonchev–Trinajstić information content (AvgIpc) is 3.20. The zero-order valence-electron chi connectivity index (χ0n) is 11.7. The number of aromatic nitrogens is 3. The number of thioether (sulfide) groups is 1. The zero-order valence-corrected chi connectivity index (χ0v) is 13.3. The van der Waals surface area contributed by atoms with Gasteiger partial charge in [0, 0.05) is 28.2 Å². The second-order valence-electron chi connectivity index (χ2n) is 4.39. The number of hydrogen-bond acceptors (Lipinski definition) is 7. The molecule has 9 heteroatoms. The minimum Gasteiger partial charge on any atom is -0.400 e. The highest BCUT2D eigenvalue weighted by Crippen LogP contribution is 2.22. The van der Waals surface area contributed by atoms with Crippen LogP contribution in [0, 0.1) is 0 Å². The van der Waals surface area contributed by atoms with Crippen molar-refractivity contribution in [3.8, 4) is 11.7 Å². The van der Waals surface area contributed by atoms with Crippen molar-refractivity contribution in [2.24, 2.45) is 0 Å². The molecular formula is C14H11ClN4O3S. The smallest absolute Gasteiger partial charge is 0.322 e. The van der Waals surface area contributed by atoms with Gasteiger partial charge in [-0.3, -0.25) is 10.1 Å². The monoisotopic (exact) mass is 350 g/mol. The summed E-state index contributed by atoms with van der Waals surface area (Å²) >= 11 is 7.38. The van der Waals surface area contributed by atoms with Crippen molar-refractivity contribution in [3.63, 3.8) is 0 Å². The molecule has 0 unspecified atom stereocenters. The van der Waals surface area contributed by atoms with E-state index in [0.717, 1.165) is 4.90 Å². The van der Waals surface area contributed by atoms with Crippen molar-refractivity contribution < 1.29 is 13.7 Å². The van der Waals surface area contributed by atoms with E-state index < -0.39 is 0 Å². The Hall–Kier alpha value is -2.32. The second kappa shape index (κ2) is 7.30. The Bertz CT molecular complexity index is 774. The van der Waals surface area contributed by atoms with Crippen LogP contribution >= 0.6 is 23.4 Å². The van der Waals surface area contributed by atoms with E-state index in [0.29, 0.717) is 23.0 Å². The number of nitrogens with zero attached hydrogens (tertiary/aromatic N) is 3. The molecule has 23 heavy (non-hydrogen) atoms. The Labute approximate surface area is 140 Å². The maximum Gasteiger partial charge on any atom is 0.322 e. The van der Waals surface area contributed by atoms with E-state index >= 15 is 0 Å². The summed E-state index contributed by atoms with van der Waals surface area (Å²) in [6, 6.07) is 9.06. The topological polar surface area (TPSA) is 94.1 Å². The average molecular weight is 351 g/mol. The van der Waals surface area contributed by atoms with Crippen LogP contribution in [0.15, 0.2) is 50.4 Å². The Kier molecular flexibility index (Phi) is 4.94. The summed E-state index contributed by atoms with van der Waals surface area (Å²) in [7, 11) is 0. The van der Waals surface area contributed by atoms with Crippen LogP contribution in [0.1, 0.15) is 6.42 Å². The predicted molar refractivity (Wildman–Crippen MR) is 85.2 cm³/mol. The van der Waals surface area contributed by atoms with Crippen LogP contribution in [0.25, 0.3) is 11.7 Å². The van der Waals surface area contributed by atoms with E-state index in [1.54, 1.807) is 17.8 Å². The van der Waals surface area contributed by atoms with Gasteiger partial charge in [-0.15, -0.1) is 16.9 Å². The number of carbonyl (C=O) groups excluding carboxylic acids is 1. The third-order valence-corrected chi connectivity index (χ3v) is 4.00. The molecule has 0 aliphatic heterocycles. The van der Waals surface area contributed by atoms with Crippen molar-refractivity contribution in [1.82, 2.24) is 15.4 Å². The lowest BCUT2D eigenvalue weighted by Gasteiger charge is -2.01. The van der Waals surface area contributed by atoms with Crippen molar-refractivity contribution >= 4 is 35.3 Å². The van der Waals surface area contributed by atoms with Crippen molar-refractivity contribution in [2.75, 3.05) is 11.1 Å². The summed E-state index contributed by atoms with van der Waals surface area (Å²) in [4.78, 5) is 12.9. The van der Waals surface area contributed by atoms with E-state index in [2.05, 4.69) is 20.7 Å². The fourth-order valence-corrected chi connectivity index (χ4v) is 2.65. The van der Waals surface area contributed by atoms with Gasteiger partial charge in [-0.2, -0.15) is 0 Å². The highest BCUT2D eigenvalue weighted by molar-refractivity contribution is 7.99. The maximum absolute atomic E-state index is 11.8. The molecule has 0 aliphatic carbocycles. The SMILES string of the molecule is O=C(CCSc1ccc(Cl)cc1)Nc1nnc(-c2ccno2)o1. The summed E-state index contributed by atoms with van der Waals surface area (Å²) in [6.45, 7) is 0. The van der Waals surface area contributed by atoms with E-state index in [1.807, 2.05) is 24.3 Å². The van der Waals surface area contributed by atoms with Crippen LogP contribution < -0.4 is 5.32 Å². The molecule has 0 atom stereocenters. The van der Waals surface area contributed by atoms with Gasteiger partial charge >= 0.3 is 6.01 Å². The first-order chi connectivity index (χ1) is 11.2. The normalized spacial score (nSPS) is 10.7. The summed E-state index contributed by atoms with van der Waals surface area (Å²) < 4.78 is 10.2. The molecule has 0 radical (unpaired) electrons. The molecule has 0 saturated heterocycles. The number of hydrogen-bond donors (Lipinski definition) is 1. The van der Waals surface area contributed by atoms with Gasteiger partial charge in [0.2, 0.25) is 11.7 Å². The number of anilines is 1. The van der Waals surface area contributed by atoms with Crippen LogP contribution in [-0.4, -0.2) is 27.0 Å². The van der Waals surface area contributed by atoms with Gasteiger partial charge < -0.3 is 8.94 Å². The van der Waals surface area contributed by atoms with Gasteiger partial charge in [-0.05, 0) is 24.3 Å². The number of benzene rings is 1. The zero-order chi connectivity index (χ0) is 16.1. The van der Waals surface area contributed by atoms with Gasteiger partial charge in [0.05, 0.1) is 6.20 Å². The summed E-state index contributed by atoms with van der Waals surface area (Å²) in [5.74, 6) is 0.917. The van der Waals surface area contributed by atoms with Crippen LogP contribution in [0.5, 0.6) is 0 Å². The van der Waals surface area contributed by atoms with Crippen LogP contribution in [0.3, 0.4) is 0 Å². The van der Waals surface area contributed by atoms with E-state index in [4.69, 9.17) is 20.5 Å². The number of nitrogens with one attached hydrogen (secondary N) is 1. The molecule has 2 heterocycles. The Balaban J connectivity index is 1.47. The summed E-state index contributed by atoms with van der Waals surface area (Å²) in [6.07, 6.45) is 1.78. The van der Waals surface area contributed by atoms with Crippen molar-refractivity contribution in [2.45, 2.75) is 11.3 Å². The molecule has 0 spiro atoms. The fourth-order valence-electron chi connectivity index (χ4n) is 1.67. The standard InChI is InChI=1S/C14H11ClN4O3S/c15-9-1-3-10(4-2-9)23-8-6-12(20)17-14-19-18-13(21-14)11-5-7-16-22-11/h1-5,7H,6,8H2,(H,17,19,20). The first kappa shape index (κ1) is 15.6. The van der Waals surface area contributed by atoms with E-state index in [-0.39, 0.29) is 17.8 Å². The number of amides is 1. The molecule has 1 amide bonds. The molecule has 3 rings (SSSR count). The summed E-state index contributed by atoms with van der Waals surface area (Å²) in [5, 5.41) is 14.3. The molecule has 2 aromatic heterocycles. The van der Waals surface area contributed by atoms with Gasteiger partial charge in [0.1, 0.15) is 0 Å². The molecule has 0 bridgehead atoms. The molecule has 118 valence electrons. The second-order valence-corrected chi connectivity index (χ2v) is 5.99. The van der Waals surface area contributed by atoms with Gasteiger partial charge in [-0.1, -0.05) is 21.9 Å². The molecule has 3 aromatic rings. The minimum absolute atomic E-state index is 0.0258. The maximum atomic E-state index is 11.8. The van der Waals surface area contributed by atoms with Gasteiger partial charge in [-0.25, -0.2) is 0 Å². The van der Waals surface area contributed by atoms with Gasteiger partial charge in [0.15, 0.2) is 0 Å². The molecule has 0 aliphatic rings. The van der Waals surface area contributed by atoms with Crippen molar-refractivity contribution in [3.05, 3.63) is 41.6 Å².